The largest absolute Gasteiger partial charge is 0.349 e. The fourth-order valence-electron chi connectivity index (χ4n) is 2.78. The molecule has 0 fully saturated rings. The quantitative estimate of drug-likeness (QED) is 0.866. The Balaban J connectivity index is 2.22. The lowest BCUT2D eigenvalue weighted by Gasteiger charge is -2.33. The number of hydrogen-bond donors (Lipinski definition) is 2. The lowest BCUT2D eigenvalue weighted by atomic mass is 9.81. The van der Waals surface area contributed by atoms with Crippen molar-refractivity contribution in [3.63, 3.8) is 0 Å². The van der Waals surface area contributed by atoms with Gasteiger partial charge in [0.2, 0.25) is 5.91 Å². The number of nitrogens with one attached hydrogen (secondary N) is 1. The van der Waals surface area contributed by atoms with Gasteiger partial charge in [-0.15, -0.1) is 11.8 Å². The topological polar surface area (TPSA) is 55.1 Å². The molecule has 116 valence electrons. The fourth-order valence-corrected chi connectivity index (χ4v) is 4.07. The maximum absolute atomic E-state index is 12.7. The van der Waals surface area contributed by atoms with Crippen LogP contribution < -0.4 is 11.1 Å². The molecule has 0 saturated carbocycles. The zero-order valence-electron chi connectivity index (χ0n) is 12.6. The van der Waals surface area contributed by atoms with Crippen molar-refractivity contribution in [2.24, 2.45) is 11.1 Å². The summed E-state index contributed by atoms with van der Waals surface area (Å²) in [5, 5.41) is 3.92. The normalized spacial score (nSPS) is 18.2. The van der Waals surface area contributed by atoms with Crippen LogP contribution in [0, 0.1) is 5.41 Å². The van der Waals surface area contributed by atoms with Crippen LogP contribution in [-0.2, 0) is 4.79 Å². The van der Waals surface area contributed by atoms with Gasteiger partial charge in [0, 0.05) is 22.2 Å². The number of amides is 1. The minimum Gasteiger partial charge on any atom is -0.349 e. The van der Waals surface area contributed by atoms with Gasteiger partial charge in [-0.05, 0) is 43.0 Å². The molecule has 1 aliphatic rings. The molecule has 1 heterocycles. The molecule has 1 amide bonds. The van der Waals surface area contributed by atoms with Crippen LogP contribution in [0.25, 0.3) is 0 Å². The van der Waals surface area contributed by atoms with Gasteiger partial charge in [0.25, 0.3) is 0 Å². The van der Waals surface area contributed by atoms with Gasteiger partial charge in [0.1, 0.15) is 0 Å². The zero-order valence-corrected chi connectivity index (χ0v) is 14.2. The van der Waals surface area contributed by atoms with Gasteiger partial charge < -0.3 is 11.1 Å². The van der Waals surface area contributed by atoms with E-state index in [1.54, 1.807) is 0 Å². The smallest absolute Gasteiger partial charge is 0.227 e. The first kappa shape index (κ1) is 16.7. The number of hydrogen-bond acceptors (Lipinski definition) is 3. The standard InChI is InChI=1S/C16H23ClN2OS/c1-3-16(4-2,10-18)15(20)19-13-7-8-21-14-6-5-11(17)9-12(13)14/h5-6,9,13H,3-4,7-8,10,18H2,1-2H3,(H,19,20). The third-order valence-corrected chi connectivity index (χ3v) is 5.90. The molecule has 3 N–H and O–H groups in total. The molecule has 1 aromatic rings. The third-order valence-electron chi connectivity index (χ3n) is 4.54. The van der Waals surface area contributed by atoms with Gasteiger partial charge in [-0.25, -0.2) is 0 Å². The molecule has 0 radical (unpaired) electrons. The van der Waals surface area contributed by atoms with E-state index in [2.05, 4.69) is 5.32 Å². The fraction of sp³-hybridized carbons (Fsp3) is 0.562. The highest BCUT2D eigenvalue weighted by molar-refractivity contribution is 7.99. The van der Waals surface area contributed by atoms with Crippen LogP contribution in [0.1, 0.15) is 44.7 Å². The van der Waals surface area contributed by atoms with E-state index in [0.717, 1.165) is 30.6 Å². The van der Waals surface area contributed by atoms with Crippen molar-refractivity contribution in [1.29, 1.82) is 0 Å². The lowest BCUT2D eigenvalue weighted by Crippen LogP contribution is -2.46. The van der Waals surface area contributed by atoms with Gasteiger partial charge in [-0.1, -0.05) is 25.4 Å². The monoisotopic (exact) mass is 326 g/mol. The van der Waals surface area contributed by atoms with E-state index in [4.69, 9.17) is 17.3 Å². The molecule has 3 nitrogen and oxygen atoms in total. The Hall–Kier alpha value is -0.710. The Labute approximate surface area is 136 Å². The minimum atomic E-state index is -0.455. The van der Waals surface area contributed by atoms with Gasteiger partial charge in [0.15, 0.2) is 0 Å². The van der Waals surface area contributed by atoms with Crippen LogP contribution in [0.3, 0.4) is 0 Å². The van der Waals surface area contributed by atoms with Crippen molar-refractivity contribution in [3.05, 3.63) is 28.8 Å². The summed E-state index contributed by atoms with van der Waals surface area (Å²) < 4.78 is 0. The van der Waals surface area contributed by atoms with Gasteiger partial charge in [0.05, 0.1) is 11.5 Å². The molecule has 0 saturated heterocycles. The Morgan fingerprint density at radius 3 is 2.81 bits per heavy atom. The van der Waals surface area contributed by atoms with Crippen molar-refractivity contribution >= 4 is 29.3 Å². The second-order valence-electron chi connectivity index (χ2n) is 5.54. The number of halogens is 1. The molecule has 1 aromatic carbocycles. The number of rotatable bonds is 5. The maximum Gasteiger partial charge on any atom is 0.227 e. The molecule has 2 rings (SSSR count). The van der Waals surface area contributed by atoms with E-state index in [1.807, 2.05) is 43.8 Å². The van der Waals surface area contributed by atoms with Crippen LogP contribution in [-0.4, -0.2) is 18.2 Å². The van der Waals surface area contributed by atoms with Gasteiger partial charge >= 0.3 is 0 Å². The summed E-state index contributed by atoms with van der Waals surface area (Å²) in [4.78, 5) is 13.9. The second kappa shape index (κ2) is 7.03. The average molecular weight is 327 g/mol. The first-order valence-electron chi connectivity index (χ1n) is 7.49. The first-order chi connectivity index (χ1) is 10.1. The predicted octanol–water partition coefficient (Wildman–Crippen LogP) is 3.76. The molecule has 1 atom stereocenters. The Kier molecular flexibility index (Phi) is 5.58. The number of thioether (sulfide) groups is 1. The second-order valence-corrected chi connectivity index (χ2v) is 7.11. The van der Waals surface area contributed by atoms with Crippen LogP contribution in [0.4, 0.5) is 0 Å². The molecule has 0 aromatic heterocycles. The van der Waals surface area contributed by atoms with Crippen LogP contribution in [0.5, 0.6) is 0 Å². The lowest BCUT2D eigenvalue weighted by molar-refractivity contribution is -0.131. The van der Waals surface area contributed by atoms with E-state index in [1.165, 1.54) is 4.90 Å². The van der Waals surface area contributed by atoms with Crippen molar-refractivity contribution in [3.8, 4) is 0 Å². The van der Waals surface area contributed by atoms with Gasteiger partial charge in [-0.3, -0.25) is 4.79 Å². The summed E-state index contributed by atoms with van der Waals surface area (Å²) in [6.45, 7) is 4.44. The zero-order chi connectivity index (χ0) is 15.5. The average Bonchev–Trinajstić information content (AvgIpc) is 2.50. The molecule has 21 heavy (non-hydrogen) atoms. The van der Waals surface area contributed by atoms with Crippen molar-refractivity contribution in [1.82, 2.24) is 5.32 Å². The molecular weight excluding hydrogens is 304 g/mol. The molecule has 1 unspecified atom stereocenters. The number of fused-ring (bicyclic) bond motifs is 1. The number of carbonyl (C=O) groups is 1. The Morgan fingerprint density at radius 2 is 2.19 bits per heavy atom. The Bertz CT molecular complexity index is 509. The molecule has 1 aliphatic heterocycles. The van der Waals surface area contributed by atoms with E-state index < -0.39 is 5.41 Å². The summed E-state index contributed by atoms with van der Waals surface area (Å²) in [7, 11) is 0. The van der Waals surface area contributed by atoms with Crippen LogP contribution in [0.2, 0.25) is 5.02 Å². The van der Waals surface area contributed by atoms with Crippen molar-refractivity contribution < 1.29 is 4.79 Å². The first-order valence-corrected chi connectivity index (χ1v) is 8.86. The van der Waals surface area contributed by atoms with Crippen molar-refractivity contribution in [2.75, 3.05) is 12.3 Å². The van der Waals surface area contributed by atoms with Gasteiger partial charge in [-0.2, -0.15) is 0 Å². The molecular formula is C16H23ClN2OS. The van der Waals surface area contributed by atoms with E-state index >= 15 is 0 Å². The summed E-state index contributed by atoms with van der Waals surface area (Å²) >= 11 is 7.93. The van der Waals surface area contributed by atoms with Crippen LogP contribution in [0.15, 0.2) is 23.1 Å². The molecule has 0 spiro atoms. The molecule has 5 heteroatoms. The predicted molar refractivity (Wildman–Crippen MR) is 89.7 cm³/mol. The number of benzene rings is 1. The highest BCUT2D eigenvalue weighted by Crippen LogP contribution is 2.38. The molecule has 0 bridgehead atoms. The van der Waals surface area contributed by atoms with E-state index in [0.29, 0.717) is 11.6 Å². The maximum atomic E-state index is 12.7. The summed E-state index contributed by atoms with van der Waals surface area (Å²) in [5.41, 5.74) is 6.54. The van der Waals surface area contributed by atoms with E-state index in [-0.39, 0.29) is 11.9 Å². The highest BCUT2D eigenvalue weighted by atomic mass is 35.5. The molecule has 0 aliphatic carbocycles. The minimum absolute atomic E-state index is 0.0384. The number of nitrogens with two attached hydrogens (primary N) is 1. The van der Waals surface area contributed by atoms with Crippen molar-refractivity contribution in [2.45, 2.75) is 44.0 Å². The summed E-state index contributed by atoms with van der Waals surface area (Å²) in [5.74, 6) is 1.07. The van der Waals surface area contributed by atoms with Crippen LogP contribution >= 0.6 is 23.4 Å². The summed E-state index contributed by atoms with van der Waals surface area (Å²) in [6, 6.07) is 5.95. The highest BCUT2D eigenvalue weighted by Gasteiger charge is 2.35. The SMILES string of the molecule is CCC(CC)(CN)C(=O)NC1CCSc2ccc(Cl)cc21. The third kappa shape index (κ3) is 3.38. The summed E-state index contributed by atoms with van der Waals surface area (Å²) in [6.07, 6.45) is 2.45. The van der Waals surface area contributed by atoms with E-state index in [9.17, 15) is 4.79 Å². The Morgan fingerprint density at radius 1 is 1.48 bits per heavy atom. The number of carbonyl (C=O) groups excluding carboxylic acids is 1.